The van der Waals surface area contributed by atoms with E-state index in [2.05, 4.69) is 29.4 Å². The molecule has 0 aliphatic carbocycles. The minimum Gasteiger partial charge on any atom is -0.497 e. The first-order valence-corrected chi connectivity index (χ1v) is 11.0. The predicted molar refractivity (Wildman–Crippen MR) is 130 cm³/mol. The van der Waals surface area contributed by atoms with Crippen LogP contribution in [0.1, 0.15) is 24.5 Å². The molecular weight excluding hydrogens is 396 g/mol. The van der Waals surface area contributed by atoms with Crippen LogP contribution in [0.25, 0.3) is 10.9 Å². The van der Waals surface area contributed by atoms with Crippen molar-refractivity contribution in [2.75, 3.05) is 12.4 Å². The number of hydrogen-bond donors (Lipinski definition) is 1. The minimum atomic E-state index is -0.604. The number of amides is 1. The van der Waals surface area contributed by atoms with Crippen molar-refractivity contribution < 1.29 is 9.53 Å². The molecule has 4 heteroatoms. The smallest absolute Gasteiger partial charge is 0.231 e. The Kier molecular flexibility index (Phi) is 6.50. The molecule has 0 aliphatic rings. The van der Waals surface area contributed by atoms with E-state index in [1.807, 2.05) is 72.8 Å². The Bertz CT molecular complexity index is 1180. The van der Waals surface area contributed by atoms with Gasteiger partial charge in [-0.25, -0.2) is 0 Å². The van der Waals surface area contributed by atoms with E-state index in [1.54, 1.807) is 13.3 Å². The molecule has 32 heavy (non-hydrogen) atoms. The zero-order valence-corrected chi connectivity index (χ0v) is 18.5. The molecule has 1 aromatic heterocycles. The number of ether oxygens (including phenoxy) is 1. The number of carbonyl (C=O) groups is 1. The molecule has 0 fully saturated rings. The zero-order valence-electron chi connectivity index (χ0n) is 18.5. The van der Waals surface area contributed by atoms with Gasteiger partial charge in [-0.15, -0.1) is 0 Å². The molecule has 4 aromatic rings. The average molecular weight is 425 g/mol. The number of nitrogens with zero attached hydrogens (tertiary/aromatic N) is 1. The van der Waals surface area contributed by atoms with E-state index in [0.717, 1.165) is 33.5 Å². The fraction of sp³-hybridized carbons (Fsp3) is 0.214. The molecule has 3 aromatic carbocycles. The minimum absolute atomic E-state index is 0.0119. The molecule has 0 bridgehead atoms. The molecule has 4 rings (SSSR count). The number of fused-ring (bicyclic) bond motifs is 1. The van der Waals surface area contributed by atoms with Gasteiger partial charge >= 0.3 is 0 Å². The molecule has 0 aliphatic heterocycles. The molecular formula is C28H28N2O2. The number of hydrogen-bond acceptors (Lipinski definition) is 3. The van der Waals surface area contributed by atoms with Gasteiger partial charge in [0.1, 0.15) is 5.75 Å². The predicted octanol–water partition coefficient (Wildman–Crippen LogP) is 6.06. The molecule has 1 amide bonds. The Labute approximate surface area is 189 Å². The fourth-order valence-corrected chi connectivity index (χ4v) is 4.21. The van der Waals surface area contributed by atoms with Gasteiger partial charge in [-0.3, -0.25) is 9.78 Å². The molecule has 162 valence electrons. The van der Waals surface area contributed by atoms with Crippen LogP contribution in [0, 0.1) is 5.41 Å². The second-order valence-electron chi connectivity index (χ2n) is 8.16. The molecule has 4 nitrogen and oxygen atoms in total. The summed E-state index contributed by atoms with van der Waals surface area (Å²) in [6, 6.07) is 28.0. The van der Waals surface area contributed by atoms with Crippen molar-refractivity contribution in [2.45, 2.75) is 26.2 Å². The Morgan fingerprint density at radius 3 is 2.25 bits per heavy atom. The lowest BCUT2D eigenvalue weighted by Crippen LogP contribution is -2.40. The highest BCUT2D eigenvalue weighted by Gasteiger charge is 2.37. The third-order valence-corrected chi connectivity index (χ3v) is 6.13. The third kappa shape index (κ3) is 4.65. The van der Waals surface area contributed by atoms with Crippen molar-refractivity contribution in [1.29, 1.82) is 0 Å². The normalized spacial score (nSPS) is 12.8. The van der Waals surface area contributed by atoms with Crippen molar-refractivity contribution >= 4 is 22.5 Å². The van der Waals surface area contributed by atoms with Crippen molar-refractivity contribution in [3.8, 4) is 5.75 Å². The summed E-state index contributed by atoms with van der Waals surface area (Å²) in [4.78, 5) is 18.4. The number of carbonyl (C=O) groups excluding carboxylic acids is 1. The molecule has 1 heterocycles. The maximum absolute atomic E-state index is 13.9. The lowest BCUT2D eigenvalue weighted by Gasteiger charge is -2.32. The topological polar surface area (TPSA) is 51.2 Å². The number of rotatable bonds is 8. The van der Waals surface area contributed by atoms with Gasteiger partial charge in [0.2, 0.25) is 5.91 Å². The highest BCUT2D eigenvalue weighted by molar-refractivity contribution is 6.02. The first-order chi connectivity index (χ1) is 15.6. The second-order valence-corrected chi connectivity index (χ2v) is 8.16. The average Bonchev–Trinajstić information content (AvgIpc) is 2.85. The van der Waals surface area contributed by atoms with Gasteiger partial charge in [-0.2, -0.15) is 0 Å². The van der Waals surface area contributed by atoms with Crippen molar-refractivity contribution in [1.82, 2.24) is 4.98 Å². The van der Waals surface area contributed by atoms with Crippen LogP contribution in [-0.4, -0.2) is 18.0 Å². The van der Waals surface area contributed by atoms with Crippen LogP contribution in [0.3, 0.4) is 0 Å². The zero-order chi connectivity index (χ0) is 22.4. The number of anilines is 1. The molecule has 0 spiro atoms. The number of benzene rings is 3. The van der Waals surface area contributed by atoms with E-state index in [9.17, 15) is 4.79 Å². The van der Waals surface area contributed by atoms with Crippen LogP contribution in [0.15, 0.2) is 91.1 Å². The number of pyridine rings is 1. The molecule has 0 saturated carbocycles. The number of para-hydroxylation sites is 1. The fourth-order valence-electron chi connectivity index (χ4n) is 4.21. The van der Waals surface area contributed by atoms with E-state index in [-0.39, 0.29) is 5.91 Å². The van der Waals surface area contributed by atoms with Crippen LogP contribution < -0.4 is 10.1 Å². The highest BCUT2D eigenvalue weighted by Crippen LogP contribution is 2.35. The van der Waals surface area contributed by atoms with Gasteiger partial charge in [0.05, 0.1) is 23.7 Å². The summed E-state index contributed by atoms with van der Waals surface area (Å²) in [6.07, 6.45) is 3.75. The Morgan fingerprint density at radius 1 is 0.875 bits per heavy atom. The van der Waals surface area contributed by atoms with Gasteiger partial charge in [-0.1, -0.05) is 67.6 Å². The van der Waals surface area contributed by atoms with Gasteiger partial charge in [0.25, 0.3) is 0 Å². The summed E-state index contributed by atoms with van der Waals surface area (Å²) in [5.74, 6) is 0.822. The Balaban J connectivity index is 1.70. The summed E-state index contributed by atoms with van der Waals surface area (Å²) in [6.45, 7) is 2.09. The standard InChI is InChI=1S/C28H28N2O2/c1-3-28(19-21-9-5-4-6-10-21,20-22-14-16-24(32-2)17-15-22)27(31)30-25-13-7-11-23-12-8-18-29-26(23)25/h4-18H,3,19-20H2,1-2H3,(H,30,31). The van der Waals surface area contributed by atoms with E-state index >= 15 is 0 Å². The van der Waals surface area contributed by atoms with Crippen LogP contribution >= 0.6 is 0 Å². The molecule has 1 atom stereocenters. The number of methoxy groups -OCH3 is 1. The largest absolute Gasteiger partial charge is 0.497 e. The summed E-state index contributed by atoms with van der Waals surface area (Å²) in [7, 11) is 1.66. The quantitative estimate of drug-likeness (QED) is 0.374. The van der Waals surface area contributed by atoms with Crippen LogP contribution in [0.4, 0.5) is 5.69 Å². The molecule has 0 radical (unpaired) electrons. The van der Waals surface area contributed by atoms with Crippen molar-refractivity contribution in [3.63, 3.8) is 0 Å². The summed E-state index contributed by atoms with van der Waals surface area (Å²) < 4.78 is 5.30. The maximum Gasteiger partial charge on any atom is 0.231 e. The Hall–Kier alpha value is -3.66. The second kappa shape index (κ2) is 9.65. The summed E-state index contributed by atoms with van der Waals surface area (Å²) in [5.41, 5.74) is 3.20. The van der Waals surface area contributed by atoms with Crippen molar-refractivity contribution in [3.05, 3.63) is 102 Å². The van der Waals surface area contributed by atoms with Crippen molar-refractivity contribution in [2.24, 2.45) is 5.41 Å². The number of nitrogens with one attached hydrogen (secondary N) is 1. The summed E-state index contributed by atoms with van der Waals surface area (Å²) >= 11 is 0. The van der Waals surface area contributed by atoms with Crippen LogP contribution in [-0.2, 0) is 17.6 Å². The molecule has 0 saturated heterocycles. The van der Waals surface area contributed by atoms with Gasteiger partial charge in [0, 0.05) is 11.6 Å². The lowest BCUT2D eigenvalue weighted by molar-refractivity contribution is -0.125. The molecule has 1 unspecified atom stereocenters. The number of aromatic nitrogens is 1. The van der Waals surface area contributed by atoms with E-state index < -0.39 is 5.41 Å². The monoisotopic (exact) mass is 424 g/mol. The summed E-state index contributed by atoms with van der Waals surface area (Å²) in [5, 5.41) is 4.22. The highest BCUT2D eigenvalue weighted by atomic mass is 16.5. The maximum atomic E-state index is 13.9. The first-order valence-electron chi connectivity index (χ1n) is 11.0. The SMILES string of the molecule is CCC(Cc1ccccc1)(Cc1ccc(OC)cc1)C(=O)Nc1cccc2cccnc12. The molecule has 1 N–H and O–H groups in total. The van der Waals surface area contributed by atoms with Gasteiger partial charge in [0.15, 0.2) is 0 Å². The van der Waals surface area contributed by atoms with Gasteiger partial charge < -0.3 is 10.1 Å². The third-order valence-electron chi connectivity index (χ3n) is 6.13. The van der Waals surface area contributed by atoms with E-state index in [0.29, 0.717) is 19.3 Å². The lowest BCUT2D eigenvalue weighted by atomic mass is 9.73. The first kappa shape index (κ1) is 21.6. The van der Waals surface area contributed by atoms with E-state index in [4.69, 9.17) is 4.74 Å². The van der Waals surface area contributed by atoms with Crippen LogP contribution in [0.2, 0.25) is 0 Å². The van der Waals surface area contributed by atoms with Gasteiger partial charge in [-0.05, 0) is 54.7 Å². The van der Waals surface area contributed by atoms with Crippen LogP contribution in [0.5, 0.6) is 5.75 Å². The Morgan fingerprint density at radius 2 is 1.56 bits per heavy atom. The van der Waals surface area contributed by atoms with E-state index in [1.165, 1.54) is 0 Å².